The molecule has 1 aliphatic heterocycles. The Bertz CT molecular complexity index is 998. The molecule has 0 aliphatic carbocycles. The van der Waals surface area contributed by atoms with Crippen LogP contribution in [0.4, 0.5) is 5.69 Å². The van der Waals surface area contributed by atoms with Gasteiger partial charge in [-0.15, -0.1) is 0 Å². The van der Waals surface area contributed by atoms with E-state index in [1.165, 1.54) is 0 Å². The van der Waals surface area contributed by atoms with Crippen molar-refractivity contribution in [2.45, 2.75) is 19.4 Å². The molecule has 4 rings (SSSR count). The first-order valence-corrected chi connectivity index (χ1v) is 10.7. The summed E-state index contributed by atoms with van der Waals surface area (Å²) in [4.78, 5) is 19.4. The van der Waals surface area contributed by atoms with E-state index in [4.69, 9.17) is 9.26 Å². The highest BCUT2D eigenvalue weighted by molar-refractivity contribution is 9.10. The maximum absolute atomic E-state index is 12.6. The van der Waals surface area contributed by atoms with E-state index in [1.54, 1.807) is 7.11 Å². The summed E-state index contributed by atoms with van der Waals surface area (Å²) in [7, 11) is 1.61. The van der Waals surface area contributed by atoms with Gasteiger partial charge in [-0.1, -0.05) is 27.2 Å². The molecule has 2 heterocycles. The van der Waals surface area contributed by atoms with Gasteiger partial charge in [0, 0.05) is 27.7 Å². The number of anilines is 1. The highest BCUT2D eigenvalue weighted by atomic mass is 79.9. The van der Waals surface area contributed by atoms with Gasteiger partial charge in [0.15, 0.2) is 0 Å². The van der Waals surface area contributed by atoms with Gasteiger partial charge >= 0.3 is 0 Å². The molecule has 0 bridgehead atoms. The SMILES string of the molecule is COc1cccc(NC(=O)C2CCN(Cc3nc(-c4ccc(Br)cc4)no3)CC2)c1. The third-order valence-corrected chi connectivity index (χ3v) is 5.75. The van der Waals surface area contributed by atoms with Crippen LogP contribution >= 0.6 is 15.9 Å². The quantitative estimate of drug-likeness (QED) is 0.576. The highest BCUT2D eigenvalue weighted by Crippen LogP contribution is 2.23. The van der Waals surface area contributed by atoms with Gasteiger partial charge in [0.05, 0.1) is 13.7 Å². The number of rotatable bonds is 6. The van der Waals surface area contributed by atoms with E-state index in [0.717, 1.165) is 47.4 Å². The number of nitrogens with one attached hydrogen (secondary N) is 1. The molecule has 1 fully saturated rings. The molecular formula is C22H23BrN4O3. The van der Waals surface area contributed by atoms with Crippen LogP contribution in [0.5, 0.6) is 5.75 Å². The average Bonchev–Trinajstić information content (AvgIpc) is 3.23. The predicted octanol–water partition coefficient (Wildman–Crippen LogP) is 4.36. The number of amides is 1. The van der Waals surface area contributed by atoms with Crippen molar-refractivity contribution in [2.24, 2.45) is 5.92 Å². The minimum Gasteiger partial charge on any atom is -0.497 e. The monoisotopic (exact) mass is 470 g/mol. The number of carbonyl (C=O) groups excluding carboxylic acids is 1. The van der Waals surface area contributed by atoms with E-state index >= 15 is 0 Å². The summed E-state index contributed by atoms with van der Waals surface area (Å²) in [6.07, 6.45) is 1.59. The summed E-state index contributed by atoms with van der Waals surface area (Å²) < 4.78 is 11.6. The summed E-state index contributed by atoms with van der Waals surface area (Å²) in [5.41, 5.74) is 1.68. The predicted molar refractivity (Wildman–Crippen MR) is 117 cm³/mol. The maximum Gasteiger partial charge on any atom is 0.241 e. The van der Waals surface area contributed by atoms with E-state index in [1.807, 2.05) is 48.5 Å². The molecule has 2 aromatic carbocycles. The molecule has 0 saturated carbocycles. The van der Waals surface area contributed by atoms with Crippen molar-refractivity contribution in [3.63, 3.8) is 0 Å². The Kier molecular flexibility index (Phi) is 6.44. The van der Waals surface area contributed by atoms with Gasteiger partial charge in [-0.3, -0.25) is 9.69 Å². The molecule has 30 heavy (non-hydrogen) atoms. The van der Waals surface area contributed by atoms with Crippen LogP contribution in [0, 0.1) is 5.92 Å². The largest absolute Gasteiger partial charge is 0.497 e. The molecule has 1 amide bonds. The minimum atomic E-state index is -0.00605. The first kappa shape index (κ1) is 20.6. The first-order chi connectivity index (χ1) is 14.6. The zero-order valence-corrected chi connectivity index (χ0v) is 18.3. The number of benzene rings is 2. The topological polar surface area (TPSA) is 80.5 Å². The zero-order chi connectivity index (χ0) is 20.9. The molecule has 156 valence electrons. The second-order valence-electron chi connectivity index (χ2n) is 7.29. The Balaban J connectivity index is 1.28. The van der Waals surface area contributed by atoms with Crippen molar-refractivity contribution in [1.82, 2.24) is 15.0 Å². The molecule has 0 unspecified atom stereocenters. The van der Waals surface area contributed by atoms with Gasteiger partial charge in [0.1, 0.15) is 5.75 Å². The summed E-state index contributed by atoms with van der Waals surface area (Å²) in [5, 5.41) is 7.08. The third-order valence-electron chi connectivity index (χ3n) is 5.23. The Morgan fingerprint density at radius 1 is 1.23 bits per heavy atom. The summed E-state index contributed by atoms with van der Waals surface area (Å²) in [5.74, 6) is 1.95. The van der Waals surface area contributed by atoms with Crippen LogP contribution in [-0.4, -0.2) is 41.1 Å². The molecule has 0 radical (unpaired) electrons. The van der Waals surface area contributed by atoms with E-state index < -0.39 is 0 Å². The van der Waals surface area contributed by atoms with Crippen molar-refractivity contribution >= 4 is 27.5 Å². The van der Waals surface area contributed by atoms with Gasteiger partial charge < -0.3 is 14.6 Å². The molecule has 3 aromatic rings. The Labute approximate surface area is 183 Å². The standard InChI is InChI=1S/C22H23BrN4O3/c1-29-19-4-2-3-18(13-19)24-22(28)16-9-11-27(12-10-16)14-20-25-21(26-30-20)15-5-7-17(23)8-6-15/h2-8,13,16H,9-12,14H2,1H3,(H,24,28). The fourth-order valence-electron chi connectivity index (χ4n) is 3.53. The van der Waals surface area contributed by atoms with Crippen molar-refractivity contribution < 1.29 is 14.1 Å². The minimum absolute atomic E-state index is 0.00605. The van der Waals surface area contributed by atoms with E-state index in [2.05, 4.69) is 36.3 Å². The third kappa shape index (κ3) is 5.06. The van der Waals surface area contributed by atoms with Crippen LogP contribution in [0.15, 0.2) is 57.5 Å². The number of hydrogen-bond donors (Lipinski definition) is 1. The Hall–Kier alpha value is -2.71. The molecule has 1 saturated heterocycles. The van der Waals surface area contributed by atoms with Crippen LogP contribution in [0.1, 0.15) is 18.7 Å². The molecule has 8 heteroatoms. The van der Waals surface area contributed by atoms with E-state index in [-0.39, 0.29) is 11.8 Å². The molecule has 1 aromatic heterocycles. The number of aromatic nitrogens is 2. The van der Waals surface area contributed by atoms with Gasteiger partial charge in [0.2, 0.25) is 17.6 Å². The smallest absolute Gasteiger partial charge is 0.241 e. The lowest BCUT2D eigenvalue weighted by Crippen LogP contribution is -2.37. The molecule has 0 atom stereocenters. The number of ether oxygens (including phenoxy) is 1. The van der Waals surface area contributed by atoms with E-state index in [9.17, 15) is 4.79 Å². The van der Waals surface area contributed by atoms with Crippen LogP contribution in [0.2, 0.25) is 0 Å². The van der Waals surface area contributed by atoms with Gasteiger partial charge in [-0.2, -0.15) is 4.98 Å². The zero-order valence-electron chi connectivity index (χ0n) is 16.7. The average molecular weight is 471 g/mol. The van der Waals surface area contributed by atoms with Crippen LogP contribution in [-0.2, 0) is 11.3 Å². The molecule has 1 aliphatic rings. The van der Waals surface area contributed by atoms with Crippen LogP contribution < -0.4 is 10.1 Å². The fourth-order valence-corrected chi connectivity index (χ4v) is 3.79. The van der Waals surface area contributed by atoms with Crippen LogP contribution in [0.25, 0.3) is 11.4 Å². The van der Waals surface area contributed by atoms with Crippen molar-refractivity contribution in [1.29, 1.82) is 0 Å². The summed E-state index contributed by atoms with van der Waals surface area (Å²) >= 11 is 3.42. The van der Waals surface area contributed by atoms with Crippen molar-refractivity contribution in [3.8, 4) is 17.1 Å². The Morgan fingerprint density at radius 3 is 2.73 bits per heavy atom. The lowest BCUT2D eigenvalue weighted by Gasteiger charge is -2.30. The highest BCUT2D eigenvalue weighted by Gasteiger charge is 2.26. The number of methoxy groups -OCH3 is 1. The number of hydrogen-bond acceptors (Lipinski definition) is 6. The molecule has 0 spiro atoms. The lowest BCUT2D eigenvalue weighted by atomic mass is 9.96. The fraction of sp³-hybridized carbons (Fsp3) is 0.318. The number of carbonyl (C=O) groups is 1. The maximum atomic E-state index is 12.6. The van der Waals surface area contributed by atoms with E-state index in [0.29, 0.717) is 18.3 Å². The second kappa shape index (κ2) is 9.40. The number of likely N-dealkylation sites (tertiary alicyclic amines) is 1. The van der Waals surface area contributed by atoms with Gasteiger partial charge in [0.25, 0.3) is 0 Å². The summed E-state index contributed by atoms with van der Waals surface area (Å²) in [6.45, 7) is 2.21. The number of halogens is 1. The first-order valence-electron chi connectivity index (χ1n) is 9.86. The molecule has 7 nitrogen and oxygen atoms in total. The van der Waals surface area contributed by atoms with Crippen LogP contribution in [0.3, 0.4) is 0 Å². The molecular weight excluding hydrogens is 448 g/mol. The number of piperidine rings is 1. The Morgan fingerprint density at radius 2 is 2.00 bits per heavy atom. The summed E-state index contributed by atoms with van der Waals surface area (Å²) in [6, 6.07) is 15.2. The lowest BCUT2D eigenvalue weighted by molar-refractivity contribution is -0.121. The second-order valence-corrected chi connectivity index (χ2v) is 8.21. The molecule has 1 N–H and O–H groups in total. The van der Waals surface area contributed by atoms with Gasteiger partial charge in [-0.25, -0.2) is 0 Å². The van der Waals surface area contributed by atoms with Crippen molar-refractivity contribution in [2.75, 3.05) is 25.5 Å². The van der Waals surface area contributed by atoms with Crippen molar-refractivity contribution in [3.05, 3.63) is 58.9 Å². The normalized spacial score (nSPS) is 15.1. The number of nitrogens with zero attached hydrogens (tertiary/aromatic N) is 3. The van der Waals surface area contributed by atoms with Gasteiger partial charge in [-0.05, 0) is 62.3 Å².